The summed E-state index contributed by atoms with van der Waals surface area (Å²) in [5.74, 6) is 0. The highest BCUT2D eigenvalue weighted by molar-refractivity contribution is 7.69. The summed E-state index contributed by atoms with van der Waals surface area (Å²) in [6.07, 6.45) is -6.03. The third kappa shape index (κ3) is 8.38. The Kier molecular flexibility index (Phi) is 8.60. The Hall–Kier alpha value is -0.880. The second kappa shape index (κ2) is 10.0. The van der Waals surface area contributed by atoms with Gasteiger partial charge in [0.2, 0.25) is 0 Å². The van der Waals surface area contributed by atoms with E-state index in [4.69, 9.17) is 19.4 Å². The van der Waals surface area contributed by atoms with E-state index < -0.39 is 73.7 Å². The van der Waals surface area contributed by atoms with Gasteiger partial charge in [-0.3, -0.25) is 18.9 Å². The fourth-order valence-corrected chi connectivity index (χ4v) is 6.80. The van der Waals surface area contributed by atoms with E-state index in [1.807, 2.05) is 4.98 Å². The summed E-state index contributed by atoms with van der Waals surface area (Å²) in [6.45, 7) is -1.14. The summed E-state index contributed by atoms with van der Waals surface area (Å²) in [5, 5.41) is 20.0. The first-order valence-electron chi connectivity index (χ1n) is 7.96. The average molecular weight is 564 g/mol. The largest absolute Gasteiger partial charge is 0.490 e. The molecule has 7 atom stereocenters. The molecule has 0 aromatic carbocycles. The number of aromatic nitrogens is 2. The maximum Gasteiger partial charge on any atom is 0.490 e. The van der Waals surface area contributed by atoms with Crippen molar-refractivity contribution in [1.82, 2.24) is 9.55 Å². The number of hydrogen-bond acceptors (Lipinski definition) is 13. The molecule has 33 heavy (non-hydrogen) atoms. The summed E-state index contributed by atoms with van der Waals surface area (Å²) in [5.41, 5.74) is -1.82. The van der Waals surface area contributed by atoms with Gasteiger partial charge in [-0.05, 0) is 0 Å². The van der Waals surface area contributed by atoms with E-state index in [9.17, 15) is 47.8 Å². The minimum absolute atomic E-state index is 0.667. The molecule has 1 fully saturated rings. The Bertz CT molecular complexity index is 1170. The van der Waals surface area contributed by atoms with Crippen molar-refractivity contribution in [3.63, 3.8) is 0 Å². The summed E-state index contributed by atoms with van der Waals surface area (Å²) in [7, 11) is -23.4. The van der Waals surface area contributed by atoms with Crippen LogP contribution < -0.4 is 11.2 Å². The van der Waals surface area contributed by atoms with Crippen molar-refractivity contribution in [2.45, 2.75) is 24.5 Å². The third-order valence-electron chi connectivity index (χ3n) is 3.49. The summed E-state index contributed by atoms with van der Waals surface area (Å²) < 4.78 is 65.6. The van der Waals surface area contributed by atoms with E-state index in [1.54, 1.807) is 0 Å². The van der Waals surface area contributed by atoms with Crippen molar-refractivity contribution in [1.29, 1.82) is 0 Å². The molecule has 3 unspecified atom stereocenters. The molecule has 0 bridgehead atoms. The van der Waals surface area contributed by atoms with Gasteiger partial charge in [-0.1, -0.05) is 0 Å². The molecular weight excluding hydrogens is 548 g/mol. The lowest BCUT2D eigenvalue weighted by atomic mass is 10.1. The van der Waals surface area contributed by atoms with Crippen LogP contribution in [0.3, 0.4) is 0 Å². The van der Waals surface area contributed by atoms with Crippen LogP contribution in [0.5, 0.6) is 0 Å². The maximum absolute atomic E-state index is 11.8. The zero-order chi connectivity index (χ0) is 25.4. The van der Waals surface area contributed by atoms with E-state index in [0.29, 0.717) is 4.57 Å². The van der Waals surface area contributed by atoms with Crippen LogP contribution in [0.2, 0.25) is 0 Å². The first kappa shape index (κ1) is 28.4. The van der Waals surface area contributed by atoms with Crippen LogP contribution in [0.1, 0.15) is 6.23 Å². The van der Waals surface area contributed by atoms with E-state index in [2.05, 4.69) is 17.5 Å². The Morgan fingerprint density at radius 2 is 1.45 bits per heavy atom. The van der Waals surface area contributed by atoms with Gasteiger partial charge in [0.15, 0.2) is 6.23 Å². The van der Waals surface area contributed by atoms with E-state index in [-0.39, 0.29) is 0 Å². The SMILES string of the molecule is O=c1ccn([C@@H]2O[C@H](COP(=O)(O)OP(=O)(O)OP(=O)(O)OP(=O)(O)O)[C@@H](O)[C@H]2O)c(=O)[nH]1. The van der Waals surface area contributed by atoms with Crippen molar-refractivity contribution in [2.75, 3.05) is 6.61 Å². The average Bonchev–Trinajstić information content (AvgIpc) is 2.84. The quantitative estimate of drug-likeness (QED) is 0.137. The molecule has 1 aliphatic heterocycles. The molecule has 2 heterocycles. The molecule has 20 nitrogen and oxygen atoms in total. The number of phosphoric ester groups is 1. The molecule has 1 aliphatic rings. The maximum atomic E-state index is 11.8. The number of H-pyrrole nitrogens is 1. The third-order valence-corrected chi connectivity index (χ3v) is 8.94. The molecule has 8 N–H and O–H groups in total. The summed E-state index contributed by atoms with van der Waals surface area (Å²) in [4.78, 5) is 69.3. The van der Waals surface area contributed by atoms with E-state index >= 15 is 0 Å². The Balaban J connectivity index is 2.04. The number of aromatic amines is 1. The van der Waals surface area contributed by atoms with Crippen LogP contribution in [-0.2, 0) is 40.5 Å². The van der Waals surface area contributed by atoms with Gasteiger partial charge in [-0.25, -0.2) is 23.1 Å². The van der Waals surface area contributed by atoms with Crippen LogP contribution in [0.25, 0.3) is 0 Å². The zero-order valence-corrected chi connectivity index (χ0v) is 19.1. The highest BCUT2D eigenvalue weighted by Crippen LogP contribution is 2.70. The normalized spacial score (nSPS) is 29.2. The van der Waals surface area contributed by atoms with Crippen molar-refractivity contribution in [3.05, 3.63) is 33.1 Å². The van der Waals surface area contributed by atoms with E-state index in [1.165, 1.54) is 0 Å². The predicted octanol–water partition coefficient (Wildman–Crippen LogP) is -2.38. The van der Waals surface area contributed by atoms with Crippen LogP contribution in [0.4, 0.5) is 0 Å². The van der Waals surface area contributed by atoms with Gasteiger partial charge in [0.1, 0.15) is 18.3 Å². The Morgan fingerprint density at radius 3 is 2.00 bits per heavy atom. The Morgan fingerprint density at radius 1 is 0.909 bits per heavy atom. The van der Waals surface area contributed by atoms with Gasteiger partial charge in [0.05, 0.1) is 6.61 Å². The van der Waals surface area contributed by atoms with Crippen LogP contribution in [0, 0.1) is 0 Å². The topological polar surface area (TPSA) is 311 Å². The highest BCUT2D eigenvalue weighted by atomic mass is 31.3. The lowest BCUT2D eigenvalue weighted by Gasteiger charge is -2.20. The second-order valence-corrected chi connectivity index (χ2v) is 12.0. The van der Waals surface area contributed by atoms with Crippen molar-refractivity contribution in [2.24, 2.45) is 0 Å². The van der Waals surface area contributed by atoms with Gasteiger partial charge in [-0.15, -0.1) is 0 Å². The number of aliphatic hydroxyl groups excluding tert-OH is 2. The molecule has 0 spiro atoms. The molecule has 0 amide bonds. The van der Waals surface area contributed by atoms with Gasteiger partial charge in [0, 0.05) is 12.3 Å². The van der Waals surface area contributed by atoms with Crippen LogP contribution in [0.15, 0.2) is 21.9 Å². The standard InChI is InChI=1S/C9H16N2O18P4/c12-5-1-2-11(9(15)10-5)8-7(14)6(13)4(26-8)3-25-31(19,20)28-33(23,24)29-32(21,22)27-30(16,17)18/h1-2,4,6-8,13-14H,3H2,(H,19,20)(H,21,22)(H,23,24)(H,10,12,15)(H2,16,17,18)/t4-,6-,7-,8-/m1/s1. The Labute approximate surface area is 181 Å². The number of nitrogens with zero attached hydrogens (tertiary/aromatic N) is 1. The highest BCUT2D eigenvalue weighted by Gasteiger charge is 2.48. The minimum Gasteiger partial charge on any atom is -0.387 e. The van der Waals surface area contributed by atoms with Crippen LogP contribution in [-0.4, -0.2) is 69.1 Å². The monoisotopic (exact) mass is 564 g/mol. The fourth-order valence-electron chi connectivity index (χ4n) is 2.34. The smallest absolute Gasteiger partial charge is 0.387 e. The molecule has 2 rings (SSSR count). The van der Waals surface area contributed by atoms with Crippen molar-refractivity contribution < 1.29 is 75.1 Å². The number of nitrogens with one attached hydrogen (secondary N) is 1. The number of hydrogen-bond donors (Lipinski definition) is 8. The van der Waals surface area contributed by atoms with Gasteiger partial charge in [-0.2, -0.15) is 12.9 Å². The van der Waals surface area contributed by atoms with E-state index in [0.717, 1.165) is 12.3 Å². The lowest BCUT2D eigenvalue weighted by Crippen LogP contribution is -2.37. The first-order valence-corrected chi connectivity index (χ1v) is 14.0. The lowest BCUT2D eigenvalue weighted by molar-refractivity contribution is -0.0542. The summed E-state index contributed by atoms with van der Waals surface area (Å²) in [6, 6.07) is 0.887. The van der Waals surface area contributed by atoms with Crippen molar-refractivity contribution in [3.8, 4) is 0 Å². The molecule has 0 saturated carbocycles. The first-order chi connectivity index (χ1) is 14.8. The van der Waals surface area contributed by atoms with Crippen LogP contribution >= 0.6 is 31.3 Å². The second-order valence-electron chi connectivity index (χ2n) is 6.00. The number of ether oxygens (including phenoxy) is 1. The number of aliphatic hydroxyl groups is 2. The molecule has 1 aromatic rings. The molecule has 0 radical (unpaired) electrons. The number of rotatable bonds is 10. The zero-order valence-electron chi connectivity index (χ0n) is 15.5. The molecule has 190 valence electrons. The molecule has 1 aromatic heterocycles. The minimum atomic E-state index is -6.03. The van der Waals surface area contributed by atoms with Gasteiger partial charge in [0.25, 0.3) is 5.56 Å². The number of phosphoric acid groups is 4. The summed E-state index contributed by atoms with van der Waals surface area (Å²) >= 11 is 0. The van der Waals surface area contributed by atoms with Crippen molar-refractivity contribution >= 4 is 31.3 Å². The fraction of sp³-hybridized carbons (Fsp3) is 0.556. The molecule has 24 heteroatoms. The van der Waals surface area contributed by atoms with Gasteiger partial charge >= 0.3 is 37.0 Å². The molecule has 1 saturated heterocycles. The molecule has 0 aliphatic carbocycles. The molecular formula is C9H16N2O18P4. The van der Waals surface area contributed by atoms with Gasteiger partial charge < -0.3 is 39.4 Å². The predicted molar refractivity (Wildman–Crippen MR) is 98.0 cm³/mol.